The topological polar surface area (TPSA) is 38.5 Å². The summed E-state index contributed by atoms with van der Waals surface area (Å²) in [5.41, 5.74) is 5.59. The molecule has 1 aliphatic heterocycles. The Bertz CT molecular complexity index is 186. The summed E-state index contributed by atoms with van der Waals surface area (Å²) in [6, 6.07) is 0.785. The van der Waals surface area contributed by atoms with Gasteiger partial charge in [-0.3, -0.25) is 4.90 Å². The molecule has 1 aliphatic carbocycles. The number of nitrogens with two attached hydrogens (primary N) is 1. The van der Waals surface area contributed by atoms with Crippen LogP contribution in [0.4, 0.5) is 0 Å². The van der Waals surface area contributed by atoms with Crippen LogP contribution in [0.2, 0.25) is 0 Å². The summed E-state index contributed by atoms with van der Waals surface area (Å²) in [5.74, 6) is 0.791. The van der Waals surface area contributed by atoms with E-state index in [0.717, 1.165) is 44.7 Å². The van der Waals surface area contributed by atoms with Crippen LogP contribution in [-0.2, 0) is 4.74 Å². The first-order chi connectivity index (χ1) is 7.42. The van der Waals surface area contributed by atoms with Crippen molar-refractivity contribution in [1.82, 2.24) is 4.90 Å². The number of nitrogens with zero attached hydrogens (tertiary/aromatic N) is 1. The second kappa shape index (κ2) is 5.83. The van der Waals surface area contributed by atoms with Gasteiger partial charge in [-0.05, 0) is 38.3 Å². The lowest BCUT2D eigenvalue weighted by Crippen LogP contribution is -2.43. The van der Waals surface area contributed by atoms with Gasteiger partial charge >= 0.3 is 0 Å². The number of ether oxygens (including phenoxy) is 1. The minimum Gasteiger partial charge on any atom is -0.380 e. The third-order valence-corrected chi connectivity index (χ3v) is 3.84. The fourth-order valence-electron chi connectivity index (χ4n) is 3.02. The highest BCUT2D eigenvalue weighted by Gasteiger charge is 2.31. The maximum atomic E-state index is 5.70. The third kappa shape index (κ3) is 2.92. The standard InChI is InChI=1S/C12H24N2O/c13-6-3-7-14-8-9-15-10-11-4-1-2-5-12(11)14/h11-12H,1-10,13H2/t11-,12-/m0/s1. The van der Waals surface area contributed by atoms with E-state index in [1.165, 1.54) is 32.2 Å². The first-order valence-electron chi connectivity index (χ1n) is 6.43. The van der Waals surface area contributed by atoms with E-state index in [-0.39, 0.29) is 0 Å². The molecule has 0 unspecified atom stereocenters. The van der Waals surface area contributed by atoms with E-state index >= 15 is 0 Å². The van der Waals surface area contributed by atoms with E-state index in [2.05, 4.69) is 4.90 Å². The summed E-state index contributed by atoms with van der Waals surface area (Å²) < 4.78 is 5.70. The highest BCUT2D eigenvalue weighted by Crippen LogP contribution is 2.30. The van der Waals surface area contributed by atoms with Crippen molar-refractivity contribution in [3.8, 4) is 0 Å². The van der Waals surface area contributed by atoms with Gasteiger partial charge in [-0.2, -0.15) is 0 Å². The second-order valence-corrected chi connectivity index (χ2v) is 4.86. The minimum atomic E-state index is 0.785. The van der Waals surface area contributed by atoms with Crippen LogP contribution in [-0.4, -0.2) is 43.8 Å². The van der Waals surface area contributed by atoms with Crippen LogP contribution >= 0.6 is 0 Å². The van der Waals surface area contributed by atoms with E-state index in [1.54, 1.807) is 0 Å². The zero-order valence-electron chi connectivity index (χ0n) is 9.66. The summed E-state index contributed by atoms with van der Waals surface area (Å²) in [6.07, 6.45) is 6.67. The van der Waals surface area contributed by atoms with Crippen molar-refractivity contribution in [3.05, 3.63) is 0 Å². The van der Waals surface area contributed by atoms with Crippen molar-refractivity contribution in [2.24, 2.45) is 11.7 Å². The van der Waals surface area contributed by atoms with Gasteiger partial charge in [0.25, 0.3) is 0 Å². The van der Waals surface area contributed by atoms with Crippen molar-refractivity contribution in [2.75, 3.05) is 32.8 Å². The van der Waals surface area contributed by atoms with E-state index in [9.17, 15) is 0 Å². The van der Waals surface area contributed by atoms with Crippen molar-refractivity contribution in [2.45, 2.75) is 38.1 Å². The molecule has 0 aromatic rings. The molecule has 0 aromatic heterocycles. The van der Waals surface area contributed by atoms with Crippen molar-refractivity contribution in [3.63, 3.8) is 0 Å². The molecule has 3 heteroatoms. The Morgan fingerprint density at radius 1 is 1.27 bits per heavy atom. The molecule has 0 radical (unpaired) electrons. The Balaban J connectivity index is 1.93. The summed E-state index contributed by atoms with van der Waals surface area (Å²) in [4.78, 5) is 2.63. The molecule has 2 aliphatic rings. The van der Waals surface area contributed by atoms with Gasteiger partial charge in [0.2, 0.25) is 0 Å². The van der Waals surface area contributed by atoms with Gasteiger partial charge in [0, 0.05) is 12.6 Å². The number of hydrogen-bond donors (Lipinski definition) is 1. The monoisotopic (exact) mass is 212 g/mol. The van der Waals surface area contributed by atoms with Gasteiger partial charge in [0.1, 0.15) is 0 Å². The second-order valence-electron chi connectivity index (χ2n) is 4.86. The van der Waals surface area contributed by atoms with E-state index < -0.39 is 0 Å². The summed E-state index contributed by atoms with van der Waals surface area (Å²) in [6.45, 7) is 5.00. The quantitative estimate of drug-likeness (QED) is 0.764. The predicted molar refractivity (Wildman–Crippen MR) is 61.8 cm³/mol. The molecule has 2 rings (SSSR count). The van der Waals surface area contributed by atoms with Crippen LogP contribution in [0.3, 0.4) is 0 Å². The van der Waals surface area contributed by atoms with Gasteiger partial charge in [0.05, 0.1) is 13.2 Å². The fourth-order valence-corrected chi connectivity index (χ4v) is 3.02. The molecular weight excluding hydrogens is 188 g/mol. The zero-order valence-corrected chi connectivity index (χ0v) is 9.66. The van der Waals surface area contributed by atoms with Crippen molar-refractivity contribution >= 4 is 0 Å². The largest absolute Gasteiger partial charge is 0.380 e. The Kier molecular flexibility index (Phi) is 4.42. The minimum absolute atomic E-state index is 0.785. The predicted octanol–water partition coefficient (Wildman–Crippen LogP) is 1.23. The SMILES string of the molecule is NCCCN1CCOC[C@@H]2CCCC[C@@H]21. The highest BCUT2D eigenvalue weighted by atomic mass is 16.5. The van der Waals surface area contributed by atoms with Crippen LogP contribution in [0, 0.1) is 5.92 Å². The first kappa shape index (κ1) is 11.4. The Labute approximate surface area is 93.0 Å². The van der Waals surface area contributed by atoms with Gasteiger partial charge in [-0.1, -0.05) is 12.8 Å². The summed E-state index contributed by atoms with van der Waals surface area (Å²) >= 11 is 0. The molecule has 1 saturated heterocycles. The lowest BCUT2D eigenvalue weighted by molar-refractivity contribution is 0.0939. The molecule has 0 amide bonds. The van der Waals surface area contributed by atoms with E-state index in [1.807, 2.05) is 0 Å². The third-order valence-electron chi connectivity index (χ3n) is 3.84. The van der Waals surface area contributed by atoms with Crippen molar-refractivity contribution in [1.29, 1.82) is 0 Å². The van der Waals surface area contributed by atoms with E-state index in [0.29, 0.717) is 0 Å². The lowest BCUT2D eigenvalue weighted by Gasteiger charge is -2.37. The normalized spacial score (nSPS) is 33.4. The zero-order chi connectivity index (χ0) is 10.5. The van der Waals surface area contributed by atoms with Gasteiger partial charge < -0.3 is 10.5 Å². The molecule has 2 atom stereocenters. The van der Waals surface area contributed by atoms with Crippen LogP contribution in [0.5, 0.6) is 0 Å². The maximum absolute atomic E-state index is 5.70. The smallest absolute Gasteiger partial charge is 0.0593 e. The molecule has 0 aromatic carbocycles. The molecule has 1 saturated carbocycles. The molecule has 88 valence electrons. The van der Waals surface area contributed by atoms with Crippen LogP contribution in [0.15, 0.2) is 0 Å². The Hall–Kier alpha value is -0.120. The number of fused-ring (bicyclic) bond motifs is 1. The number of hydrogen-bond acceptors (Lipinski definition) is 3. The molecule has 2 fully saturated rings. The number of rotatable bonds is 3. The van der Waals surface area contributed by atoms with Crippen LogP contribution in [0.1, 0.15) is 32.1 Å². The molecule has 3 nitrogen and oxygen atoms in total. The molecule has 0 bridgehead atoms. The van der Waals surface area contributed by atoms with Crippen LogP contribution < -0.4 is 5.73 Å². The average Bonchev–Trinajstić information content (AvgIpc) is 2.49. The average molecular weight is 212 g/mol. The molecule has 15 heavy (non-hydrogen) atoms. The van der Waals surface area contributed by atoms with Crippen molar-refractivity contribution < 1.29 is 4.74 Å². The van der Waals surface area contributed by atoms with Gasteiger partial charge in [-0.25, -0.2) is 0 Å². The molecule has 1 heterocycles. The summed E-state index contributed by atoms with van der Waals surface area (Å²) in [5, 5.41) is 0. The maximum Gasteiger partial charge on any atom is 0.0593 e. The summed E-state index contributed by atoms with van der Waals surface area (Å²) in [7, 11) is 0. The Morgan fingerprint density at radius 2 is 2.13 bits per heavy atom. The Morgan fingerprint density at radius 3 is 3.00 bits per heavy atom. The lowest BCUT2D eigenvalue weighted by atomic mass is 9.84. The molecular formula is C12H24N2O. The van der Waals surface area contributed by atoms with Gasteiger partial charge in [0.15, 0.2) is 0 Å². The van der Waals surface area contributed by atoms with E-state index in [4.69, 9.17) is 10.5 Å². The van der Waals surface area contributed by atoms with Gasteiger partial charge in [-0.15, -0.1) is 0 Å². The first-order valence-corrected chi connectivity index (χ1v) is 6.43. The molecule has 0 spiro atoms. The van der Waals surface area contributed by atoms with Crippen LogP contribution in [0.25, 0.3) is 0 Å². The molecule has 2 N–H and O–H groups in total. The fraction of sp³-hybridized carbons (Fsp3) is 1.00. The highest BCUT2D eigenvalue weighted by molar-refractivity contribution is 4.85.